The average Bonchev–Trinajstić information content (AvgIpc) is 3.60. The van der Waals surface area contributed by atoms with E-state index in [-0.39, 0.29) is 18.4 Å². The van der Waals surface area contributed by atoms with Crippen molar-refractivity contribution in [2.75, 3.05) is 13.2 Å². The quantitative estimate of drug-likeness (QED) is 0.286. The first-order valence-electron chi connectivity index (χ1n) is 14.3. The Morgan fingerprint density at radius 3 is 2.27 bits per heavy atom. The number of ether oxygens (including phenoxy) is 2. The minimum Gasteiger partial charge on any atom is -0.444 e. The van der Waals surface area contributed by atoms with Crippen molar-refractivity contribution in [2.24, 2.45) is 5.92 Å². The highest BCUT2D eigenvalue weighted by Crippen LogP contribution is 2.32. The Balaban J connectivity index is 1.33. The Morgan fingerprint density at radius 2 is 1.59 bits per heavy atom. The molecule has 5 rings (SSSR count). The van der Waals surface area contributed by atoms with Crippen molar-refractivity contribution in [1.29, 1.82) is 0 Å². The van der Waals surface area contributed by atoms with Gasteiger partial charge in [0.25, 0.3) is 0 Å². The summed E-state index contributed by atoms with van der Waals surface area (Å²) in [5.41, 5.74) is 3.83. The van der Waals surface area contributed by atoms with E-state index in [1.807, 2.05) is 84.9 Å². The molecule has 2 unspecified atom stereocenters. The van der Waals surface area contributed by atoms with Crippen molar-refractivity contribution < 1.29 is 29.3 Å². The number of rotatable bonds is 11. The summed E-state index contributed by atoms with van der Waals surface area (Å²) in [6, 6.07) is 25.8. The molecule has 1 fully saturated rings. The molecule has 0 aromatic heterocycles. The van der Waals surface area contributed by atoms with Crippen LogP contribution in [-0.4, -0.2) is 59.8 Å². The number of hydrogen-bond donors (Lipinski definition) is 4. The largest absolute Gasteiger partial charge is 0.444 e. The van der Waals surface area contributed by atoms with Gasteiger partial charge in [-0.05, 0) is 41.5 Å². The van der Waals surface area contributed by atoms with Crippen molar-refractivity contribution >= 4 is 12.0 Å². The van der Waals surface area contributed by atoms with E-state index in [1.54, 1.807) is 0 Å². The summed E-state index contributed by atoms with van der Waals surface area (Å²) in [7, 11) is 0. The van der Waals surface area contributed by atoms with Crippen LogP contribution in [0.2, 0.25) is 0 Å². The summed E-state index contributed by atoms with van der Waals surface area (Å²) in [5, 5.41) is 28.2. The molecule has 3 aromatic rings. The minimum atomic E-state index is -1.04. The van der Waals surface area contributed by atoms with Crippen LogP contribution in [0.4, 0.5) is 4.79 Å². The number of fused-ring (bicyclic) bond motifs is 1. The first-order valence-corrected chi connectivity index (χ1v) is 14.3. The van der Waals surface area contributed by atoms with Crippen LogP contribution >= 0.6 is 0 Å². The fourth-order valence-electron chi connectivity index (χ4n) is 5.75. The lowest BCUT2D eigenvalue weighted by molar-refractivity contribution is -0.127. The number of carbonyl (C=O) groups excluding carboxylic acids is 2. The summed E-state index contributed by atoms with van der Waals surface area (Å²) in [6.07, 6.45) is -0.711. The van der Waals surface area contributed by atoms with Gasteiger partial charge in [-0.2, -0.15) is 0 Å². The van der Waals surface area contributed by atoms with Gasteiger partial charge in [-0.3, -0.25) is 4.79 Å². The molecule has 3 aromatic carbocycles. The molecule has 0 spiro atoms. The number of benzene rings is 3. The van der Waals surface area contributed by atoms with Crippen molar-refractivity contribution in [1.82, 2.24) is 10.6 Å². The number of alkyl carbamates (subject to hydrolysis) is 1. The predicted octanol–water partition coefficient (Wildman–Crippen LogP) is 3.50. The first-order chi connectivity index (χ1) is 20.0. The lowest BCUT2D eigenvalue weighted by atomic mass is 9.88. The number of carbonyl (C=O) groups is 2. The smallest absolute Gasteiger partial charge is 0.407 e. The minimum absolute atomic E-state index is 0.107. The topological polar surface area (TPSA) is 117 Å². The third-order valence-electron chi connectivity index (χ3n) is 7.95. The lowest BCUT2D eigenvalue weighted by Gasteiger charge is -2.29. The molecular weight excluding hydrogens is 520 g/mol. The van der Waals surface area contributed by atoms with Gasteiger partial charge < -0.3 is 30.3 Å². The van der Waals surface area contributed by atoms with Crippen molar-refractivity contribution in [3.63, 3.8) is 0 Å². The van der Waals surface area contributed by atoms with Gasteiger partial charge in [0.1, 0.15) is 6.10 Å². The Labute approximate surface area is 240 Å². The molecule has 41 heavy (non-hydrogen) atoms. The second kappa shape index (κ2) is 13.8. The Morgan fingerprint density at radius 1 is 0.927 bits per heavy atom. The first kappa shape index (κ1) is 28.8. The fourth-order valence-corrected chi connectivity index (χ4v) is 5.75. The third-order valence-corrected chi connectivity index (χ3v) is 7.95. The van der Waals surface area contributed by atoms with E-state index in [0.29, 0.717) is 38.9 Å². The second-order valence-electron chi connectivity index (χ2n) is 11.0. The molecule has 216 valence electrons. The van der Waals surface area contributed by atoms with Crippen LogP contribution in [0.3, 0.4) is 0 Å². The van der Waals surface area contributed by atoms with Crippen LogP contribution in [0.1, 0.15) is 41.1 Å². The van der Waals surface area contributed by atoms with E-state index in [2.05, 4.69) is 10.6 Å². The number of nitrogens with one attached hydrogen (secondary N) is 2. The molecule has 4 N–H and O–H groups in total. The molecule has 0 radical (unpaired) electrons. The molecule has 6 atom stereocenters. The number of aliphatic hydroxyl groups excluding tert-OH is 2. The van der Waals surface area contributed by atoms with Gasteiger partial charge >= 0.3 is 6.09 Å². The lowest BCUT2D eigenvalue weighted by Crippen LogP contribution is -2.48. The number of aliphatic hydroxyl groups is 2. The molecule has 2 amide bonds. The highest BCUT2D eigenvalue weighted by atomic mass is 16.6. The standard InChI is InChI=1S/C33H38N2O6/c36-29(28(18-23-11-5-2-6-12-23)34-33(39)41-26-15-16-40-21-26)20-25(17-22-9-3-1-4-10-22)32(38)35-31-27-14-8-7-13-24(27)19-30(31)37/h1-14,25-26,28-31,36-37H,15-21H2,(H,34,39)(H,35,38)/t25-,26?,28+,29+,30+,31?/m1/s1. The monoisotopic (exact) mass is 558 g/mol. The fraction of sp³-hybridized carbons (Fsp3) is 0.394. The zero-order valence-electron chi connectivity index (χ0n) is 23.0. The molecule has 8 nitrogen and oxygen atoms in total. The number of hydrogen-bond acceptors (Lipinski definition) is 6. The second-order valence-corrected chi connectivity index (χ2v) is 11.0. The molecule has 1 saturated heterocycles. The normalized spacial score (nSPS) is 21.9. The summed E-state index contributed by atoms with van der Waals surface area (Å²) >= 11 is 0. The Kier molecular flexibility index (Phi) is 9.67. The van der Waals surface area contributed by atoms with Crippen LogP contribution in [-0.2, 0) is 33.5 Å². The Bertz CT molecular complexity index is 1280. The van der Waals surface area contributed by atoms with Crippen LogP contribution in [0.25, 0.3) is 0 Å². The van der Waals surface area contributed by atoms with Gasteiger partial charge in [-0.25, -0.2) is 4.79 Å². The molecule has 8 heteroatoms. The van der Waals surface area contributed by atoms with Gasteiger partial charge in [0.15, 0.2) is 0 Å². The van der Waals surface area contributed by atoms with Gasteiger partial charge in [0, 0.05) is 18.8 Å². The molecule has 2 aliphatic rings. The van der Waals surface area contributed by atoms with Crippen molar-refractivity contribution in [2.45, 2.75) is 62.5 Å². The van der Waals surface area contributed by atoms with E-state index in [0.717, 1.165) is 22.3 Å². The molecule has 1 heterocycles. The van der Waals surface area contributed by atoms with Crippen LogP contribution in [0.15, 0.2) is 84.9 Å². The summed E-state index contributed by atoms with van der Waals surface area (Å²) in [5.74, 6) is -0.857. The maximum atomic E-state index is 13.8. The molecular formula is C33H38N2O6. The molecule has 1 aliphatic carbocycles. The Hall–Kier alpha value is -3.72. The van der Waals surface area contributed by atoms with E-state index in [1.165, 1.54) is 0 Å². The maximum absolute atomic E-state index is 13.8. The van der Waals surface area contributed by atoms with E-state index in [9.17, 15) is 19.8 Å². The maximum Gasteiger partial charge on any atom is 0.407 e. The summed E-state index contributed by atoms with van der Waals surface area (Å²) < 4.78 is 10.8. The molecule has 0 saturated carbocycles. The van der Waals surface area contributed by atoms with E-state index < -0.39 is 36.3 Å². The summed E-state index contributed by atoms with van der Waals surface area (Å²) in [4.78, 5) is 26.6. The predicted molar refractivity (Wildman–Crippen MR) is 154 cm³/mol. The van der Waals surface area contributed by atoms with Crippen LogP contribution in [0, 0.1) is 5.92 Å². The summed E-state index contributed by atoms with van der Waals surface area (Å²) in [6.45, 7) is 0.902. The van der Waals surface area contributed by atoms with Crippen LogP contribution in [0.5, 0.6) is 0 Å². The zero-order valence-corrected chi connectivity index (χ0v) is 23.0. The molecule has 1 aliphatic heterocycles. The van der Waals surface area contributed by atoms with E-state index >= 15 is 0 Å². The number of amides is 2. The van der Waals surface area contributed by atoms with Crippen molar-refractivity contribution in [3.8, 4) is 0 Å². The average molecular weight is 559 g/mol. The van der Waals surface area contributed by atoms with Crippen molar-refractivity contribution in [3.05, 3.63) is 107 Å². The highest BCUT2D eigenvalue weighted by molar-refractivity contribution is 5.80. The van der Waals surface area contributed by atoms with Gasteiger partial charge in [-0.15, -0.1) is 0 Å². The van der Waals surface area contributed by atoms with Gasteiger partial charge in [0.05, 0.1) is 37.5 Å². The zero-order chi connectivity index (χ0) is 28.6. The molecule has 0 bridgehead atoms. The van der Waals surface area contributed by atoms with E-state index in [4.69, 9.17) is 9.47 Å². The van der Waals surface area contributed by atoms with Gasteiger partial charge in [0.2, 0.25) is 5.91 Å². The van der Waals surface area contributed by atoms with Crippen LogP contribution < -0.4 is 10.6 Å². The van der Waals surface area contributed by atoms with Gasteiger partial charge in [-0.1, -0.05) is 84.9 Å². The third kappa shape index (κ3) is 7.73. The SMILES string of the molecule is O=C(N[C@@H](Cc1ccccc1)[C@@H](O)C[C@@H](Cc1ccccc1)C(=O)NC1c2ccccc2C[C@@H]1O)OC1CCOC1. The highest BCUT2D eigenvalue weighted by Gasteiger charge is 2.35.